The molecule has 1 N–H and O–H groups in total. The average molecular weight is 458 g/mol. The zero-order valence-corrected chi connectivity index (χ0v) is 17.1. The second kappa shape index (κ2) is 7.30. The standard InChI is InChI=1S/C17H8Cl4N4OS/c18-8-1-3-10(12(20)5-8)14-7-27-17-23-16(24-25(14)17)22-15(26)11-4-2-9(19)6-13(11)21/h1-7H,(H,22,24,26). The van der Waals surface area contributed by atoms with E-state index in [4.69, 9.17) is 46.4 Å². The van der Waals surface area contributed by atoms with Crippen LogP contribution in [0.5, 0.6) is 0 Å². The number of hydrogen-bond acceptors (Lipinski definition) is 4. The van der Waals surface area contributed by atoms with Crippen LogP contribution < -0.4 is 5.32 Å². The molecule has 1 amide bonds. The van der Waals surface area contributed by atoms with Gasteiger partial charge >= 0.3 is 0 Å². The predicted molar refractivity (Wildman–Crippen MR) is 111 cm³/mol. The van der Waals surface area contributed by atoms with Gasteiger partial charge in [-0.15, -0.1) is 16.4 Å². The highest BCUT2D eigenvalue weighted by atomic mass is 35.5. The van der Waals surface area contributed by atoms with E-state index in [9.17, 15) is 4.79 Å². The highest BCUT2D eigenvalue weighted by Crippen LogP contribution is 2.33. The minimum Gasteiger partial charge on any atom is -0.289 e. The molecule has 2 aromatic heterocycles. The maximum Gasteiger partial charge on any atom is 0.259 e. The van der Waals surface area contributed by atoms with Crippen LogP contribution in [0.4, 0.5) is 5.95 Å². The van der Waals surface area contributed by atoms with Crippen LogP contribution in [0.25, 0.3) is 16.2 Å². The van der Waals surface area contributed by atoms with Crippen molar-refractivity contribution in [2.45, 2.75) is 0 Å². The van der Waals surface area contributed by atoms with Gasteiger partial charge in [0.2, 0.25) is 4.96 Å². The van der Waals surface area contributed by atoms with Crippen molar-refractivity contribution in [1.82, 2.24) is 14.6 Å². The second-order valence-corrected chi connectivity index (χ2v) is 7.98. The van der Waals surface area contributed by atoms with Gasteiger partial charge in [-0.1, -0.05) is 46.4 Å². The maximum absolute atomic E-state index is 12.4. The zero-order valence-electron chi connectivity index (χ0n) is 13.2. The molecule has 0 atom stereocenters. The monoisotopic (exact) mass is 456 g/mol. The van der Waals surface area contributed by atoms with Crippen LogP contribution in [0.1, 0.15) is 10.4 Å². The number of carbonyl (C=O) groups excluding carboxylic acids is 1. The van der Waals surface area contributed by atoms with Crippen LogP contribution in [-0.2, 0) is 0 Å². The van der Waals surface area contributed by atoms with Gasteiger partial charge in [0, 0.05) is 21.0 Å². The number of hydrogen-bond donors (Lipinski definition) is 1. The second-order valence-electron chi connectivity index (χ2n) is 5.45. The topological polar surface area (TPSA) is 59.3 Å². The summed E-state index contributed by atoms with van der Waals surface area (Å²) < 4.78 is 1.61. The number of carbonyl (C=O) groups is 1. The van der Waals surface area contributed by atoms with Crippen LogP contribution in [0, 0.1) is 0 Å². The fourth-order valence-electron chi connectivity index (χ4n) is 2.46. The normalized spacial score (nSPS) is 11.1. The number of aromatic nitrogens is 3. The van der Waals surface area contributed by atoms with Gasteiger partial charge in [0.05, 0.1) is 21.3 Å². The summed E-state index contributed by atoms with van der Waals surface area (Å²) in [6, 6.07) is 9.83. The Balaban J connectivity index is 1.66. The maximum atomic E-state index is 12.4. The van der Waals surface area contributed by atoms with E-state index >= 15 is 0 Å². The summed E-state index contributed by atoms with van der Waals surface area (Å²) in [4.78, 5) is 17.4. The summed E-state index contributed by atoms with van der Waals surface area (Å²) >= 11 is 25.5. The van der Waals surface area contributed by atoms with Crippen molar-refractivity contribution in [3.8, 4) is 11.3 Å². The molecular formula is C17H8Cl4N4OS. The molecule has 2 heterocycles. The smallest absolute Gasteiger partial charge is 0.259 e. The first-order chi connectivity index (χ1) is 12.9. The Kier molecular flexibility index (Phi) is 5.01. The molecule has 136 valence electrons. The summed E-state index contributed by atoms with van der Waals surface area (Å²) in [5.74, 6) is -0.273. The van der Waals surface area contributed by atoms with E-state index in [1.54, 1.807) is 28.8 Å². The summed E-state index contributed by atoms with van der Waals surface area (Å²) in [7, 11) is 0. The van der Waals surface area contributed by atoms with E-state index in [2.05, 4.69) is 15.4 Å². The molecule has 0 fully saturated rings. The summed E-state index contributed by atoms with van der Waals surface area (Å²) in [6.07, 6.45) is 0. The average Bonchev–Trinajstić information content (AvgIpc) is 3.15. The van der Waals surface area contributed by atoms with Crippen LogP contribution in [0.15, 0.2) is 41.8 Å². The first kappa shape index (κ1) is 18.5. The lowest BCUT2D eigenvalue weighted by molar-refractivity contribution is 0.102. The molecule has 5 nitrogen and oxygen atoms in total. The Hall–Kier alpha value is -1.83. The van der Waals surface area contributed by atoms with E-state index in [-0.39, 0.29) is 16.5 Å². The molecule has 0 saturated carbocycles. The molecule has 0 aliphatic carbocycles. The van der Waals surface area contributed by atoms with E-state index < -0.39 is 5.91 Å². The van der Waals surface area contributed by atoms with Crippen LogP contribution in [0.3, 0.4) is 0 Å². The van der Waals surface area contributed by atoms with E-state index in [0.717, 1.165) is 11.3 Å². The Labute approximate surface area is 177 Å². The molecule has 0 saturated heterocycles. The Bertz CT molecular complexity index is 1190. The fraction of sp³-hybridized carbons (Fsp3) is 0. The molecule has 0 unspecified atom stereocenters. The minimum atomic E-state index is -0.430. The van der Waals surface area contributed by atoms with Crippen molar-refractivity contribution in [2.24, 2.45) is 0 Å². The summed E-state index contributed by atoms with van der Waals surface area (Å²) in [6.45, 7) is 0. The Morgan fingerprint density at radius 1 is 1.00 bits per heavy atom. The lowest BCUT2D eigenvalue weighted by Crippen LogP contribution is -2.13. The molecule has 27 heavy (non-hydrogen) atoms. The van der Waals surface area contributed by atoms with Crippen molar-refractivity contribution in [1.29, 1.82) is 0 Å². The third-order valence-electron chi connectivity index (χ3n) is 3.69. The van der Waals surface area contributed by atoms with Crippen molar-refractivity contribution >= 4 is 74.6 Å². The number of benzene rings is 2. The quantitative estimate of drug-likeness (QED) is 0.391. The zero-order chi connectivity index (χ0) is 19.1. The molecule has 0 spiro atoms. The van der Waals surface area contributed by atoms with Gasteiger partial charge < -0.3 is 0 Å². The lowest BCUT2D eigenvalue weighted by atomic mass is 10.2. The predicted octanol–water partition coefficient (Wildman–Crippen LogP) is 6.32. The van der Waals surface area contributed by atoms with Gasteiger partial charge in [0.15, 0.2) is 0 Å². The third kappa shape index (κ3) is 3.63. The Morgan fingerprint density at radius 2 is 1.70 bits per heavy atom. The molecule has 2 aromatic carbocycles. The Morgan fingerprint density at radius 3 is 2.41 bits per heavy atom. The molecule has 0 aliphatic heterocycles. The van der Waals surface area contributed by atoms with Crippen molar-refractivity contribution < 1.29 is 4.79 Å². The van der Waals surface area contributed by atoms with E-state index in [1.807, 2.05) is 5.38 Å². The van der Waals surface area contributed by atoms with Gasteiger partial charge in [-0.05, 0) is 36.4 Å². The van der Waals surface area contributed by atoms with Gasteiger partial charge in [-0.2, -0.15) is 4.98 Å². The van der Waals surface area contributed by atoms with E-state index in [0.29, 0.717) is 20.0 Å². The van der Waals surface area contributed by atoms with Crippen LogP contribution >= 0.6 is 57.7 Å². The number of rotatable bonds is 3. The number of halogens is 4. The highest BCUT2D eigenvalue weighted by Gasteiger charge is 2.17. The lowest BCUT2D eigenvalue weighted by Gasteiger charge is -2.04. The van der Waals surface area contributed by atoms with Crippen molar-refractivity contribution in [2.75, 3.05) is 5.32 Å². The number of amides is 1. The fourth-order valence-corrected chi connectivity index (χ4v) is 4.28. The molecule has 0 aliphatic rings. The SMILES string of the molecule is O=C(Nc1nc2scc(-c3ccc(Cl)cc3Cl)n2n1)c1ccc(Cl)cc1Cl. The van der Waals surface area contributed by atoms with E-state index in [1.165, 1.54) is 23.5 Å². The van der Waals surface area contributed by atoms with Gasteiger partial charge in [-0.3, -0.25) is 10.1 Å². The van der Waals surface area contributed by atoms with Gasteiger partial charge in [0.25, 0.3) is 11.9 Å². The van der Waals surface area contributed by atoms with Gasteiger partial charge in [-0.25, -0.2) is 4.52 Å². The first-order valence-corrected chi connectivity index (χ1v) is 9.87. The molecule has 10 heteroatoms. The highest BCUT2D eigenvalue weighted by molar-refractivity contribution is 7.15. The molecule has 0 radical (unpaired) electrons. The number of nitrogens with zero attached hydrogens (tertiary/aromatic N) is 3. The van der Waals surface area contributed by atoms with Crippen molar-refractivity contribution in [3.63, 3.8) is 0 Å². The molecule has 4 aromatic rings. The summed E-state index contributed by atoms with van der Waals surface area (Å²) in [5, 5.41) is 10.6. The number of anilines is 1. The molecule has 4 rings (SSSR count). The van der Waals surface area contributed by atoms with Crippen LogP contribution in [-0.4, -0.2) is 20.5 Å². The summed E-state index contributed by atoms with van der Waals surface area (Å²) in [5.41, 5.74) is 1.78. The third-order valence-corrected chi connectivity index (χ3v) is 5.60. The molecular weight excluding hydrogens is 450 g/mol. The number of thiazole rings is 1. The molecule has 0 bridgehead atoms. The number of fused-ring (bicyclic) bond motifs is 1. The minimum absolute atomic E-state index is 0.157. The largest absolute Gasteiger partial charge is 0.289 e. The van der Waals surface area contributed by atoms with Crippen molar-refractivity contribution in [3.05, 3.63) is 67.4 Å². The van der Waals surface area contributed by atoms with Crippen LogP contribution in [0.2, 0.25) is 20.1 Å². The van der Waals surface area contributed by atoms with Gasteiger partial charge in [0.1, 0.15) is 0 Å². The number of nitrogens with one attached hydrogen (secondary N) is 1. The first-order valence-electron chi connectivity index (χ1n) is 7.48.